The number of nitrogens with one attached hydrogen (secondary N) is 2. The molecule has 0 radical (unpaired) electrons. The van der Waals surface area contributed by atoms with Crippen molar-refractivity contribution in [3.63, 3.8) is 0 Å². The topological polar surface area (TPSA) is 97.6 Å². The van der Waals surface area contributed by atoms with Crippen LogP contribution in [0.15, 0.2) is 89.7 Å². The first-order valence-corrected chi connectivity index (χ1v) is 11.9. The summed E-state index contributed by atoms with van der Waals surface area (Å²) >= 11 is 7.79. The van der Waals surface area contributed by atoms with Gasteiger partial charge in [0.05, 0.1) is 17.5 Å². The molecule has 10 heteroatoms. The van der Waals surface area contributed by atoms with Gasteiger partial charge in [-0.25, -0.2) is 4.68 Å². The maximum absolute atomic E-state index is 13.4. The number of fused-ring (bicyclic) bond motifs is 1. The van der Waals surface area contributed by atoms with Crippen molar-refractivity contribution >= 4 is 40.9 Å². The number of allylic oxidation sites excluding steroid dienone is 1. The zero-order valence-electron chi connectivity index (χ0n) is 18.1. The van der Waals surface area contributed by atoms with Gasteiger partial charge in [0.15, 0.2) is 0 Å². The van der Waals surface area contributed by atoms with Crippen LogP contribution in [0.1, 0.15) is 24.1 Å². The number of hydrogen-bond donors (Lipinski definition) is 2. The average molecular weight is 490 g/mol. The van der Waals surface area contributed by atoms with Crippen molar-refractivity contribution in [2.75, 3.05) is 10.6 Å². The van der Waals surface area contributed by atoms with Crippen molar-refractivity contribution in [2.24, 2.45) is 0 Å². The highest BCUT2D eigenvalue weighted by Crippen LogP contribution is 2.37. The molecule has 0 saturated heterocycles. The Morgan fingerprint density at radius 2 is 1.94 bits per heavy atom. The van der Waals surface area contributed by atoms with Gasteiger partial charge in [0.25, 0.3) is 5.91 Å². The number of hydrogen-bond acceptors (Lipinski definition) is 7. The minimum absolute atomic E-state index is 0.244. The molecule has 1 aromatic carbocycles. The molecule has 0 spiro atoms. The summed E-state index contributed by atoms with van der Waals surface area (Å²) in [7, 11) is 0. The molecule has 0 fully saturated rings. The van der Waals surface area contributed by atoms with Crippen LogP contribution in [0.25, 0.3) is 0 Å². The molecule has 0 bridgehead atoms. The van der Waals surface area contributed by atoms with E-state index in [0.29, 0.717) is 38.8 Å². The minimum atomic E-state index is -0.474. The third kappa shape index (κ3) is 4.52. The molecule has 4 aromatic rings. The molecule has 1 aliphatic heterocycles. The Balaban J connectivity index is 1.48. The van der Waals surface area contributed by atoms with E-state index >= 15 is 0 Å². The van der Waals surface area contributed by atoms with Crippen LogP contribution in [0.2, 0.25) is 5.02 Å². The highest BCUT2D eigenvalue weighted by Gasteiger charge is 2.34. The van der Waals surface area contributed by atoms with Crippen LogP contribution in [0, 0.1) is 0 Å². The fraction of sp³-hybridized carbons (Fsp3) is 0.125. The number of halogens is 1. The van der Waals surface area contributed by atoms with E-state index in [2.05, 4.69) is 25.6 Å². The van der Waals surface area contributed by atoms with E-state index in [-0.39, 0.29) is 5.91 Å². The first-order valence-electron chi connectivity index (χ1n) is 10.5. The summed E-state index contributed by atoms with van der Waals surface area (Å²) in [6, 6.07) is 14.6. The number of carbonyl (C=O) groups excluding carboxylic acids is 1. The molecule has 1 unspecified atom stereocenters. The smallest absolute Gasteiger partial charge is 0.255 e. The highest BCUT2D eigenvalue weighted by molar-refractivity contribution is 7.98. The number of nitrogens with zero attached hydrogens (tertiary/aromatic N) is 5. The SMILES string of the molecule is CC1=C(C(=O)Nc2cccnc2)C(c2ccncc2)n2nc(SCc3ccccc3Cl)nc2N1. The zero-order chi connectivity index (χ0) is 23.5. The average Bonchev–Trinajstić information content (AvgIpc) is 3.26. The van der Waals surface area contributed by atoms with Crippen molar-refractivity contribution in [3.05, 3.63) is 101 Å². The Kier molecular flexibility index (Phi) is 6.29. The second-order valence-electron chi connectivity index (χ2n) is 7.59. The summed E-state index contributed by atoms with van der Waals surface area (Å²) in [6.45, 7) is 1.86. The molecule has 3 aromatic heterocycles. The molecule has 1 atom stereocenters. The maximum Gasteiger partial charge on any atom is 0.255 e. The summed E-state index contributed by atoms with van der Waals surface area (Å²) < 4.78 is 1.75. The number of thioether (sulfide) groups is 1. The van der Waals surface area contributed by atoms with E-state index in [1.165, 1.54) is 11.8 Å². The Hall–Kier alpha value is -3.69. The molecule has 5 rings (SSSR count). The highest BCUT2D eigenvalue weighted by atomic mass is 35.5. The zero-order valence-corrected chi connectivity index (χ0v) is 19.7. The molecule has 34 heavy (non-hydrogen) atoms. The van der Waals surface area contributed by atoms with Crippen molar-refractivity contribution in [2.45, 2.75) is 23.9 Å². The standard InChI is InChI=1S/C24H20ClN7OS/c1-15-20(22(33)29-18-6-4-10-27-13-18)21(16-8-11-26-12-9-16)32-23(28-15)30-24(31-32)34-14-17-5-2-3-7-19(17)25/h2-13,21H,14H2,1H3,(H,29,33)(H,28,30,31). The first-order chi connectivity index (χ1) is 16.6. The summed E-state index contributed by atoms with van der Waals surface area (Å²) in [6.07, 6.45) is 6.67. The molecule has 0 aliphatic carbocycles. The van der Waals surface area contributed by atoms with Gasteiger partial charge in [-0.15, -0.1) is 5.10 Å². The fourth-order valence-corrected chi connectivity index (χ4v) is 4.85. The van der Waals surface area contributed by atoms with Crippen LogP contribution in [-0.2, 0) is 10.5 Å². The van der Waals surface area contributed by atoms with Gasteiger partial charge in [0.2, 0.25) is 11.1 Å². The molecular weight excluding hydrogens is 470 g/mol. The van der Waals surface area contributed by atoms with Crippen LogP contribution in [0.3, 0.4) is 0 Å². The van der Waals surface area contributed by atoms with E-state index < -0.39 is 6.04 Å². The second-order valence-corrected chi connectivity index (χ2v) is 8.93. The van der Waals surface area contributed by atoms with Crippen LogP contribution in [0.4, 0.5) is 11.6 Å². The Bertz CT molecular complexity index is 1360. The lowest BCUT2D eigenvalue weighted by Gasteiger charge is -2.28. The van der Waals surface area contributed by atoms with Gasteiger partial charge < -0.3 is 10.6 Å². The molecular formula is C24H20ClN7OS. The summed E-state index contributed by atoms with van der Waals surface area (Å²) in [5.74, 6) is 0.953. The second kappa shape index (κ2) is 9.66. The van der Waals surface area contributed by atoms with Crippen molar-refractivity contribution in [1.82, 2.24) is 24.7 Å². The normalized spacial score (nSPS) is 14.9. The number of carbonyl (C=O) groups is 1. The molecule has 0 saturated carbocycles. The summed E-state index contributed by atoms with van der Waals surface area (Å²) in [5.41, 5.74) is 3.73. The molecule has 1 aliphatic rings. The predicted molar refractivity (Wildman–Crippen MR) is 133 cm³/mol. The van der Waals surface area contributed by atoms with Gasteiger partial charge in [-0.05, 0) is 48.4 Å². The summed E-state index contributed by atoms with van der Waals surface area (Å²) in [5, 5.41) is 12.2. The number of anilines is 2. The minimum Gasteiger partial charge on any atom is -0.328 e. The molecule has 8 nitrogen and oxygen atoms in total. The number of benzene rings is 1. The number of pyridine rings is 2. The molecule has 1 amide bonds. The Labute approximate surface area is 205 Å². The molecule has 2 N–H and O–H groups in total. The van der Waals surface area contributed by atoms with Crippen molar-refractivity contribution < 1.29 is 4.79 Å². The quantitative estimate of drug-likeness (QED) is 0.370. The van der Waals surface area contributed by atoms with Gasteiger partial charge in [0.1, 0.15) is 6.04 Å². The van der Waals surface area contributed by atoms with Gasteiger partial charge >= 0.3 is 0 Å². The van der Waals surface area contributed by atoms with E-state index in [4.69, 9.17) is 16.7 Å². The van der Waals surface area contributed by atoms with Gasteiger partial charge in [-0.2, -0.15) is 4.98 Å². The Morgan fingerprint density at radius 1 is 1.12 bits per heavy atom. The van der Waals surface area contributed by atoms with E-state index in [1.807, 2.05) is 43.3 Å². The van der Waals surface area contributed by atoms with Crippen LogP contribution >= 0.6 is 23.4 Å². The predicted octanol–water partition coefficient (Wildman–Crippen LogP) is 4.94. The number of aromatic nitrogens is 5. The fourth-order valence-electron chi connectivity index (χ4n) is 3.73. The van der Waals surface area contributed by atoms with Gasteiger partial charge in [0, 0.05) is 35.1 Å². The third-order valence-electron chi connectivity index (χ3n) is 5.33. The lowest BCUT2D eigenvalue weighted by Crippen LogP contribution is -2.31. The number of rotatable bonds is 6. The molecule has 4 heterocycles. The first kappa shape index (κ1) is 22.1. The number of amides is 1. The van der Waals surface area contributed by atoms with Crippen LogP contribution < -0.4 is 10.6 Å². The van der Waals surface area contributed by atoms with Gasteiger partial charge in [-0.1, -0.05) is 41.6 Å². The van der Waals surface area contributed by atoms with Crippen LogP contribution in [-0.4, -0.2) is 30.6 Å². The lowest BCUT2D eigenvalue weighted by molar-refractivity contribution is -0.113. The lowest BCUT2D eigenvalue weighted by atomic mass is 9.96. The van der Waals surface area contributed by atoms with Crippen LogP contribution in [0.5, 0.6) is 0 Å². The van der Waals surface area contributed by atoms with E-state index in [1.54, 1.807) is 41.6 Å². The maximum atomic E-state index is 13.4. The Morgan fingerprint density at radius 3 is 2.71 bits per heavy atom. The largest absolute Gasteiger partial charge is 0.328 e. The molecule has 170 valence electrons. The summed E-state index contributed by atoms with van der Waals surface area (Å²) in [4.78, 5) is 26.3. The van der Waals surface area contributed by atoms with Crippen molar-refractivity contribution in [3.8, 4) is 0 Å². The van der Waals surface area contributed by atoms with Crippen molar-refractivity contribution in [1.29, 1.82) is 0 Å². The van der Waals surface area contributed by atoms with E-state index in [0.717, 1.165) is 11.1 Å². The monoisotopic (exact) mass is 489 g/mol. The third-order valence-corrected chi connectivity index (χ3v) is 6.59. The van der Waals surface area contributed by atoms with Gasteiger partial charge in [-0.3, -0.25) is 14.8 Å². The van der Waals surface area contributed by atoms with E-state index in [9.17, 15) is 4.79 Å².